The quantitative estimate of drug-likeness (QED) is 0.240. The highest BCUT2D eigenvalue weighted by Gasteiger charge is 2.35. The van der Waals surface area contributed by atoms with E-state index in [1.54, 1.807) is 45.0 Å². The number of hydrogen-bond acceptors (Lipinski definition) is 7. The molecule has 11 nitrogen and oxygen atoms in total. The monoisotopic (exact) mass is 614 g/mol. The molecular formula is C30H35FN4O7S. The average molecular weight is 615 g/mol. The first-order valence-corrected chi connectivity index (χ1v) is 15.1. The van der Waals surface area contributed by atoms with Crippen LogP contribution >= 0.6 is 0 Å². The Morgan fingerprint density at radius 1 is 1.02 bits per heavy atom. The van der Waals surface area contributed by atoms with Crippen LogP contribution in [0, 0.1) is 15.9 Å². The van der Waals surface area contributed by atoms with Gasteiger partial charge in [0, 0.05) is 30.6 Å². The van der Waals surface area contributed by atoms with Crippen LogP contribution in [-0.2, 0) is 32.6 Å². The van der Waals surface area contributed by atoms with Gasteiger partial charge in [-0.1, -0.05) is 42.5 Å². The molecule has 0 heterocycles. The molecule has 0 aromatic heterocycles. The molecule has 1 N–H and O–H groups in total. The van der Waals surface area contributed by atoms with Gasteiger partial charge in [0.05, 0.1) is 18.3 Å². The third kappa shape index (κ3) is 9.23. The second-order valence-corrected chi connectivity index (χ2v) is 12.9. The van der Waals surface area contributed by atoms with Crippen molar-refractivity contribution in [3.8, 4) is 5.75 Å². The van der Waals surface area contributed by atoms with Crippen LogP contribution in [0.1, 0.15) is 31.9 Å². The van der Waals surface area contributed by atoms with E-state index < -0.39 is 56.4 Å². The molecule has 13 heteroatoms. The molecule has 230 valence electrons. The Balaban J connectivity index is 2.14. The Morgan fingerprint density at radius 3 is 2.19 bits per heavy atom. The fourth-order valence-electron chi connectivity index (χ4n) is 4.37. The number of amides is 2. The first-order valence-electron chi connectivity index (χ1n) is 13.3. The number of nitrogens with one attached hydrogen (secondary N) is 1. The number of ether oxygens (including phenoxy) is 1. The lowest BCUT2D eigenvalue weighted by Gasteiger charge is -2.35. The smallest absolute Gasteiger partial charge is 0.271 e. The summed E-state index contributed by atoms with van der Waals surface area (Å²) in [4.78, 5) is 39.9. The molecule has 0 unspecified atom stereocenters. The molecule has 2 amide bonds. The molecule has 0 aliphatic carbocycles. The molecule has 0 aliphatic rings. The molecule has 1 atom stereocenters. The molecule has 0 saturated carbocycles. The number of carbonyl (C=O) groups is 2. The van der Waals surface area contributed by atoms with Gasteiger partial charge in [-0.25, -0.2) is 12.8 Å². The van der Waals surface area contributed by atoms with E-state index in [1.165, 1.54) is 42.3 Å². The second-order valence-electron chi connectivity index (χ2n) is 11.0. The van der Waals surface area contributed by atoms with Crippen molar-refractivity contribution in [2.75, 3.05) is 24.2 Å². The van der Waals surface area contributed by atoms with Crippen molar-refractivity contribution in [1.29, 1.82) is 0 Å². The fraction of sp³-hybridized carbons (Fsp3) is 0.333. The number of rotatable bonds is 12. The van der Waals surface area contributed by atoms with Gasteiger partial charge in [0.2, 0.25) is 21.8 Å². The second kappa shape index (κ2) is 13.6. The van der Waals surface area contributed by atoms with Crippen molar-refractivity contribution in [3.63, 3.8) is 0 Å². The number of hydrogen-bond donors (Lipinski definition) is 1. The molecule has 3 aromatic rings. The van der Waals surface area contributed by atoms with Gasteiger partial charge in [-0.2, -0.15) is 0 Å². The summed E-state index contributed by atoms with van der Waals surface area (Å²) in [5.74, 6) is -1.76. The van der Waals surface area contributed by atoms with Crippen LogP contribution in [0.5, 0.6) is 5.75 Å². The first-order chi connectivity index (χ1) is 20.1. The highest BCUT2D eigenvalue weighted by atomic mass is 32.2. The maximum Gasteiger partial charge on any atom is 0.271 e. The molecule has 0 saturated heterocycles. The Kier molecular flexibility index (Phi) is 10.5. The lowest BCUT2D eigenvalue weighted by Crippen LogP contribution is -2.56. The molecule has 0 bridgehead atoms. The average Bonchev–Trinajstić information content (AvgIpc) is 2.93. The van der Waals surface area contributed by atoms with Crippen molar-refractivity contribution in [3.05, 3.63) is 99.9 Å². The third-order valence-electron chi connectivity index (χ3n) is 6.36. The maximum absolute atomic E-state index is 14.2. The lowest BCUT2D eigenvalue weighted by molar-refractivity contribution is -0.384. The lowest BCUT2D eigenvalue weighted by atomic mass is 10.0. The Labute approximate surface area is 250 Å². The number of anilines is 1. The van der Waals surface area contributed by atoms with Crippen molar-refractivity contribution in [2.24, 2.45) is 0 Å². The van der Waals surface area contributed by atoms with Gasteiger partial charge in [0.25, 0.3) is 5.69 Å². The summed E-state index contributed by atoms with van der Waals surface area (Å²) >= 11 is 0. The van der Waals surface area contributed by atoms with Crippen molar-refractivity contribution < 1.29 is 32.1 Å². The third-order valence-corrected chi connectivity index (χ3v) is 7.48. The van der Waals surface area contributed by atoms with Crippen LogP contribution in [0.25, 0.3) is 0 Å². The van der Waals surface area contributed by atoms with E-state index in [2.05, 4.69) is 5.32 Å². The van der Waals surface area contributed by atoms with Crippen LogP contribution in [0.4, 0.5) is 15.8 Å². The van der Waals surface area contributed by atoms with E-state index in [4.69, 9.17) is 4.74 Å². The largest absolute Gasteiger partial charge is 0.495 e. The molecule has 0 spiro atoms. The van der Waals surface area contributed by atoms with Crippen molar-refractivity contribution in [2.45, 2.75) is 45.3 Å². The topological polar surface area (TPSA) is 139 Å². The predicted molar refractivity (Wildman–Crippen MR) is 161 cm³/mol. The van der Waals surface area contributed by atoms with Crippen molar-refractivity contribution in [1.82, 2.24) is 10.2 Å². The first kappa shape index (κ1) is 33.0. The minimum absolute atomic E-state index is 0.0137. The molecule has 43 heavy (non-hydrogen) atoms. The summed E-state index contributed by atoms with van der Waals surface area (Å²) in [5.41, 5.74) is -0.0465. The van der Waals surface area contributed by atoms with E-state index in [0.29, 0.717) is 9.87 Å². The maximum atomic E-state index is 14.2. The van der Waals surface area contributed by atoms with Gasteiger partial charge >= 0.3 is 0 Å². The normalized spacial score (nSPS) is 12.2. The number of non-ortho nitro benzene ring substituents is 1. The van der Waals surface area contributed by atoms with Gasteiger partial charge in [-0.05, 0) is 50.1 Å². The molecule has 0 radical (unpaired) electrons. The fourth-order valence-corrected chi connectivity index (χ4v) is 5.22. The molecule has 0 fully saturated rings. The zero-order valence-electron chi connectivity index (χ0n) is 24.6. The number of nitro benzene ring substituents is 1. The summed E-state index contributed by atoms with van der Waals surface area (Å²) < 4.78 is 45.7. The minimum Gasteiger partial charge on any atom is -0.495 e. The number of methoxy groups -OCH3 is 1. The van der Waals surface area contributed by atoms with Gasteiger partial charge in [0.1, 0.15) is 29.8 Å². The van der Waals surface area contributed by atoms with E-state index in [1.807, 2.05) is 6.07 Å². The highest BCUT2D eigenvalue weighted by molar-refractivity contribution is 7.92. The highest BCUT2D eigenvalue weighted by Crippen LogP contribution is 2.34. The Hall–Kier alpha value is -4.52. The molecule has 3 aromatic carbocycles. The van der Waals surface area contributed by atoms with E-state index in [0.717, 1.165) is 24.0 Å². The van der Waals surface area contributed by atoms with Crippen LogP contribution in [0.3, 0.4) is 0 Å². The van der Waals surface area contributed by atoms with Crippen LogP contribution in [-0.4, -0.2) is 61.5 Å². The van der Waals surface area contributed by atoms with Crippen LogP contribution in [0.2, 0.25) is 0 Å². The zero-order chi connectivity index (χ0) is 31.9. The van der Waals surface area contributed by atoms with E-state index in [-0.39, 0.29) is 24.4 Å². The molecule has 3 rings (SSSR count). The Bertz CT molecular complexity index is 1560. The number of benzene rings is 3. The van der Waals surface area contributed by atoms with Gasteiger partial charge in [-0.15, -0.1) is 0 Å². The van der Waals surface area contributed by atoms with Gasteiger partial charge in [-0.3, -0.25) is 24.0 Å². The number of carbonyl (C=O) groups excluding carboxylic acids is 2. The number of nitrogens with zero attached hydrogens (tertiary/aromatic N) is 3. The van der Waals surface area contributed by atoms with E-state index in [9.17, 15) is 32.5 Å². The van der Waals surface area contributed by atoms with Crippen LogP contribution in [0.15, 0.2) is 72.8 Å². The summed E-state index contributed by atoms with van der Waals surface area (Å²) in [6, 6.07) is 16.7. The number of halogens is 1. The summed E-state index contributed by atoms with van der Waals surface area (Å²) in [6.07, 6.45) is 0.950. The number of nitro groups is 1. The van der Waals surface area contributed by atoms with E-state index >= 15 is 0 Å². The van der Waals surface area contributed by atoms with Gasteiger partial charge < -0.3 is 15.0 Å². The summed E-state index contributed by atoms with van der Waals surface area (Å²) in [6.45, 7) is 4.41. The van der Waals surface area contributed by atoms with Gasteiger partial charge in [0.15, 0.2) is 0 Å². The molecular weight excluding hydrogens is 579 g/mol. The SMILES string of the molecule is COc1ccc([N+](=O)[O-])cc1N(CC(=O)N(Cc1ccc(F)cc1)[C@H](Cc1ccccc1)C(=O)NC(C)(C)C)S(C)(=O)=O. The predicted octanol–water partition coefficient (Wildman–Crippen LogP) is 4.06. The number of sulfonamides is 1. The Morgan fingerprint density at radius 2 is 1.65 bits per heavy atom. The van der Waals surface area contributed by atoms with Crippen molar-refractivity contribution >= 4 is 33.2 Å². The summed E-state index contributed by atoms with van der Waals surface area (Å²) in [7, 11) is -2.94. The summed E-state index contributed by atoms with van der Waals surface area (Å²) in [5, 5.41) is 14.4. The van der Waals surface area contributed by atoms with Crippen LogP contribution < -0.4 is 14.4 Å². The zero-order valence-corrected chi connectivity index (χ0v) is 25.4. The molecule has 0 aliphatic heterocycles. The standard InChI is InChI=1S/C30H35FN4O7S/c1-30(2,3)32-29(37)26(17-21-9-7-6-8-10-21)33(19-22-11-13-23(31)14-12-22)28(36)20-34(43(5,40)41)25-18-24(35(38)39)15-16-27(25)42-4/h6-16,18,26H,17,19-20H2,1-5H3,(H,32,37)/t26-/m1/s1. The minimum atomic E-state index is -4.20.